The Morgan fingerprint density at radius 3 is 2.58 bits per heavy atom. The average molecular weight is 587 g/mol. The summed E-state index contributed by atoms with van der Waals surface area (Å²) < 4.78 is 14.0. The second-order valence-corrected chi connectivity index (χ2v) is 9.49. The molecule has 0 bridgehead atoms. The zero-order valence-electron chi connectivity index (χ0n) is 19.3. The molecule has 3 aromatic carbocycles. The number of hydrogen-bond donors (Lipinski definition) is 1. The molecule has 9 heteroatoms. The Balaban J connectivity index is 1.38. The third-order valence-electron chi connectivity index (χ3n) is 5.22. The quantitative estimate of drug-likeness (QED) is 0.210. The molecule has 6 nitrogen and oxygen atoms in total. The van der Waals surface area contributed by atoms with Crippen LogP contribution in [-0.4, -0.2) is 22.8 Å². The van der Waals surface area contributed by atoms with Gasteiger partial charge in [-0.1, -0.05) is 51.3 Å². The molecule has 0 aliphatic rings. The molecule has 1 amide bonds. The van der Waals surface area contributed by atoms with Gasteiger partial charge >= 0.3 is 0 Å². The summed E-state index contributed by atoms with van der Waals surface area (Å²) in [6, 6.07) is 18.6. The lowest BCUT2D eigenvalue weighted by atomic mass is 10.1. The normalized spacial score (nSPS) is 11.0. The SMILES string of the molecule is COc1ccc(C=CC(=O)Nc2cnn(Cc3c(Cl)cccc3Cl)c2)cc1COc1ccc(Br)cc1. The van der Waals surface area contributed by atoms with Gasteiger partial charge in [0.25, 0.3) is 0 Å². The van der Waals surface area contributed by atoms with Gasteiger partial charge in [0.15, 0.2) is 0 Å². The van der Waals surface area contributed by atoms with Gasteiger partial charge in [-0.2, -0.15) is 5.10 Å². The molecule has 1 aromatic heterocycles. The van der Waals surface area contributed by atoms with Gasteiger partial charge in [-0.15, -0.1) is 0 Å². The molecule has 0 saturated heterocycles. The van der Waals surface area contributed by atoms with Gasteiger partial charge in [-0.25, -0.2) is 0 Å². The lowest BCUT2D eigenvalue weighted by Crippen LogP contribution is -2.07. The zero-order chi connectivity index (χ0) is 25.5. The third-order valence-corrected chi connectivity index (χ3v) is 6.46. The maximum Gasteiger partial charge on any atom is 0.248 e. The van der Waals surface area contributed by atoms with Gasteiger partial charge < -0.3 is 14.8 Å². The Hall–Kier alpha value is -3.26. The van der Waals surface area contributed by atoms with Crippen LogP contribution in [0.15, 0.2) is 83.6 Å². The fourth-order valence-corrected chi connectivity index (χ4v) is 4.20. The predicted molar refractivity (Wildman–Crippen MR) is 147 cm³/mol. The van der Waals surface area contributed by atoms with Crippen LogP contribution in [0.3, 0.4) is 0 Å². The van der Waals surface area contributed by atoms with Crippen LogP contribution in [0.4, 0.5) is 5.69 Å². The minimum Gasteiger partial charge on any atom is -0.496 e. The van der Waals surface area contributed by atoms with Crippen LogP contribution in [0.1, 0.15) is 16.7 Å². The number of carbonyl (C=O) groups is 1. The standard InChI is InChI=1S/C27H22BrCl2N3O3/c1-35-26-11-5-18(13-19(26)17-36-22-9-7-20(28)8-10-22)6-12-27(34)32-21-14-31-33(15-21)16-23-24(29)3-2-4-25(23)30/h2-15H,16-17H2,1H3,(H,32,34). The molecule has 0 spiro atoms. The molecule has 1 N–H and O–H groups in total. The van der Waals surface area contributed by atoms with Crippen LogP contribution in [0.5, 0.6) is 11.5 Å². The fourth-order valence-electron chi connectivity index (χ4n) is 3.42. The molecule has 36 heavy (non-hydrogen) atoms. The molecule has 0 aliphatic carbocycles. The van der Waals surface area contributed by atoms with Gasteiger partial charge in [0.2, 0.25) is 5.91 Å². The summed E-state index contributed by atoms with van der Waals surface area (Å²) in [4.78, 5) is 12.5. The molecule has 0 atom stereocenters. The van der Waals surface area contributed by atoms with Crippen molar-refractivity contribution in [3.8, 4) is 11.5 Å². The zero-order valence-corrected chi connectivity index (χ0v) is 22.3. The number of carbonyl (C=O) groups excluding carboxylic acids is 1. The number of rotatable bonds is 9. The molecule has 4 aromatic rings. The van der Waals surface area contributed by atoms with E-state index in [-0.39, 0.29) is 5.91 Å². The maximum absolute atomic E-state index is 12.5. The summed E-state index contributed by atoms with van der Waals surface area (Å²) >= 11 is 15.9. The van der Waals surface area contributed by atoms with Crippen molar-refractivity contribution in [1.29, 1.82) is 0 Å². The Kier molecular flexibility index (Phi) is 8.70. The highest BCUT2D eigenvalue weighted by Crippen LogP contribution is 2.26. The fraction of sp³-hybridized carbons (Fsp3) is 0.111. The first-order chi connectivity index (χ1) is 17.4. The number of aromatic nitrogens is 2. The first-order valence-corrected chi connectivity index (χ1v) is 12.5. The highest BCUT2D eigenvalue weighted by molar-refractivity contribution is 9.10. The molecule has 0 aliphatic heterocycles. The lowest BCUT2D eigenvalue weighted by molar-refractivity contribution is -0.111. The molecule has 0 fully saturated rings. The summed E-state index contributed by atoms with van der Waals surface area (Å²) in [7, 11) is 1.61. The van der Waals surface area contributed by atoms with Crippen molar-refractivity contribution in [1.82, 2.24) is 9.78 Å². The number of benzene rings is 3. The Bertz CT molecular complexity index is 1370. The van der Waals surface area contributed by atoms with Gasteiger partial charge in [0.05, 0.1) is 25.5 Å². The number of amides is 1. The minimum absolute atomic E-state index is 0.284. The van der Waals surface area contributed by atoms with Crippen LogP contribution in [0.2, 0.25) is 10.0 Å². The van der Waals surface area contributed by atoms with Crippen molar-refractivity contribution >= 4 is 56.8 Å². The number of methoxy groups -OCH3 is 1. The molecule has 1 heterocycles. The molecule has 0 unspecified atom stereocenters. The van der Waals surface area contributed by atoms with E-state index in [0.29, 0.717) is 34.6 Å². The summed E-state index contributed by atoms with van der Waals surface area (Å²) in [5.74, 6) is 1.17. The van der Waals surface area contributed by atoms with E-state index in [1.54, 1.807) is 48.5 Å². The minimum atomic E-state index is -0.284. The van der Waals surface area contributed by atoms with Crippen molar-refractivity contribution in [2.75, 3.05) is 12.4 Å². The molecule has 0 saturated carbocycles. The molecular weight excluding hydrogens is 565 g/mol. The van der Waals surface area contributed by atoms with E-state index in [1.807, 2.05) is 42.5 Å². The molecule has 184 valence electrons. The van der Waals surface area contributed by atoms with Crippen molar-refractivity contribution in [3.05, 3.63) is 110 Å². The van der Waals surface area contributed by atoms with E-state index in [0.717, 1.165) is 26.9 Å². The lowest BCUT2D eigenvalue weighted by Gasteiger charge is -2.11. The molecule has 0 radical (unpaired) electrons. The molecule has 4 rings (SSSR count). The number of anilines is 1. The summed E-state index contributed by atoms with van der Waals surface area (Å²) in [5.41, 5.74) is 3.03. The summed E-state index contributed by atoms with van der Waals surface area (Å²) in [6.45, 7) is 0.717. The Morgan fingerprint density at radius 2 is 1.86 bits per heavy atom. The van der Waals surface area contributed by atoms with Crippen molar-refractivity contribution in [2.45, 2.75) is 13.2 Å². The number of nitrogens with zero attached hydrogens (tertiary/aromatic N) is 2. The van der Waals surface area contributed by atoms with Gasteiger partial charge in [0, 0.05) is 37.9 Å². The van der Waals surface area contributed by atoms with Crippen molar-refractivity contribution < 1.29 is 14.3 Å². The van der Waals surface area contributed by atoms with E-state index < -0.39 is 0 Å². The van der Waals surface area contributed by atoms with Crippen molar-refractivity contribution in [2.24, 2.45) is 0 Å². The number of halogens is 3. The van der Waals surface area contributed by atoms with Crippen LogP contribution >= 0.6 is 39.1 Å². The van der Waals surface area contributed by atoms with Gasteiger partial charge in [0.1, 0.15) is 18.1 Å². The average Bonchev–Trinajstić information content (AvgIpc) is 3.31. The number of hydrogen-bond acceptors (Lipinski definition) is 4. The van der Waals surface area contributed by atoms with Gasteiger partial charge in [-0.05, 0) is 60.2 Å². The Labute approximate surface area is 227 Å². The maximum atomic E-state index is 12.5. The highest BCUT2D eigenvalue weighted by Gasteiger charge is 2.09. The highest BCUT2D eigenvalue weighted by atomic mass is 79.9. The third kappa shape index (κ3) is 6.91. The first kappa shape index (κ1) is 25.8. The topological polar surface area (TPSA) is 65.4 Å². The molecular formula is C27H22BrCl2N3O3. The first-order valence-electron chi connectivity index (χ1n) is 10.9. The van der Waals surface area contributed by atoms with E-state index >= 15 is 0 Å². The van der Waals surface area contributed by atoms with E-state index in [4.69, 9.17) is 32.7 Å². The second kappa shape index (κ2) is 12.1. The predicted octanol–water partition coefficient (Wildman–Crippen LogP) is 7.24. The van der Waals surface area contributed by atoms with Crippen LogP contribution in [0, 0.1) is 0 Å². The number of ether oxygens (including phenoxy) is 2. The monoisotopic (exact) mass is 585 g/mol. The van der Waals surface area contributed by atoms with Crippen LogP contribution < -0.4 is 14.8 Å². The Morgan fingerprint density at radius 1 is 1.11 bits per heavy atom. The van der Waals surface area contributed by atoms with E-state index in [2.05, 4.69) is 26.3 Å². The summed E-state index contributed by atoms with van der Waals surface area (Å²) in [6.07, 6.45) is 6.48. The summed E-state index contributed by atoms with van der Waals surface area (Å²) in [5, 5.41) is 8.21. The van der Waals surface area contributed by atoms with E-state index in [9.17, 15) is 4.79 Å². The van der Waals surface area contributed by atoms with E-state index in [1.165, 1.54) is 6.08 Å². The number of nitrogens with one attached hydrogen (secondary N) is 1. The smallest absolute Gasteiger partial charge is 0.248 e. The van der Waals surface area contributed by atoms with Crippen LogP contribution in [0.25, 0.3) is 6.08 Å². The van der Waals surface area contributed by atoms with Crippen LogP contribution in [-0.2, 0) is 17.9 Å². The second-order valence-electron chi connectivity index (χ2n) is 7.76. The van der Waals surface area contributed by atoms with Crippen molar-refractivity contribution in [3.63, 3.8) is 0 Å². The van der Waals surface area contributed by atoms with Gasteiger partial charge in [-0.3, -0.25) is 9.48 Å². The largest absolute Gasteiger partial charge is 0.496 e.